The Labute approximate surface area is 201 Å². The largest absolute Gasteiger partial charge is 0.497 e. The molecule has 1 atom stereocenters. The first-order chi connectivity index (χ1) is 16.6. The Hall–Kier alpha value is -3.91. The zero-order valence-corrected chi connectivity index (χ0v) is 19.9. The van der Waals surface area contributed by atoms with E-state index in [1.54, 1.807) is 7.11 Å². The van der Waals surface area contributed by atoms with Gasteiger partial charge in [0.05, 0.1) is 12.4 Å². The lowest BCUT2D eigenvalue weighted by Gasteiger charge is -2.12. The van der Waals surface area contributed by atoms with E-state index < -0.39 is 0 Å². The number of ether oxygens (including phenoxy) is 1. The number of benzene rings is 3. The van der Waals surface area contributed by atoms with Crippen LogP contribution >= 0.6 is 11.8 Å². The van der Waals surface area contributed by atoms with E-state index >= 15 is 0 Å². The molecule has 0 radical (unpaired) electrons. The van der Waals surface area contributed by atoms with Crippen LogP contribution < -0.4 is 4.74 Å². The summed E-state index contributed by atoms with van der Waals surface area (Å²) in [5, 5.41) is 18.2. The van der Waals surface area contributed by atoms with Gasteiger partial charge in [-0.15, -0.1) is 20.4 Å². The fourth-order valence-corrected chi connectivity index (χ4v) is 4.40. The Bertz CT molecular complexity index is 1380. The van der Waals surface area contributed by atoms with Crippen LogP contribution in [-0.4, -0.2) is 32.1 Å². The molecule has 0 fully saturated rings. The quantitative estimate of drug-likeness (QED) is 0.264. The van der Waals surface area contributed by atoms with Gasteiger partial charge >= 0.3 is 0 Å². The molecule has 3 aromatic carbocycles. The maximum atomic E-state index is 5.97. The second-order valence-corrected chi connectivity index (χ2v) is 9.09. The summed E-state index contributed by atoms with van der Waals surface area (Å²) in [7, 11) is 1.65. The molecule has 0 N–H and O–H groups in total. The van der Waals surface area contributed by atoms with Crippen molar-refractivity contribution in [2.24, 2.45) is 0 Å². The maximum Gasteiger partial charge on any atom is 0.247 e. The number of methoxy groups -OCH3 is 1. The van der Waals surface area contributed by atoms with E-state index in [-0.39, 0.29) is 5.25 Å². The third-order valence-corrected chi connectivity index (χ3v) is 6.40. The molecule has 1 unspecified atom stereocenters. The Balaban J connectivity index is 1.49. The highest BCUT2D eigenvalue weighted by molar-refractivity contribution is 7.99. The number of hydrogen-bond donors (Lipinski definition) is 0. The van der Waals surface area contributed by atoms with E-state index in [0.717, 1.165) is 33.5 Å². The first kappa shape index (κ1) is 21.9. The van der Waals surface area contributed by atoms with Gasteiger partial charge in [-0.05, 0) is 62.4 Å². The van der Waals surface area contributed by atoms with Crippen LogP contribution in [0.2, 0.25) is 0 Å². The molecule has 5 rings (SSSR count). The number of thioether (sulfide) groups is 1. The van der Waals surface area contributed by atoms with Gasteiger partial charge in [0.25, 0.3) is 0 Å². The van der Waals surface area contributed by atoms with Gasteiger partial charge in [-0.25, -0.2) is 0 Å². The van der Waals surface area contributed by atoms with Gasteiger partial charge in [-0.2, -0.15) is 0 Å². The highest BCUT2D eigenvalue weighted by Gasteiger charge is 2.22. The smallest absolute Gasteiger partial charge is 0.247 e. The molecule has 34 heavy (non-hydrogen) atoms. The fourth-order valence-electron chi connectivity index (χ4n) is 3.50. The lowest BCUT2D eigenvalue weighted by molar-refractivity contribution is 0.415. The number of hydrogen-bond acceptors (Lipinski definition) is 7. The Morgan fingerprint density at radius 3 is 2.26 bits per heavy atom. The molecule has 0 aliphatic rings. The summed E-state index contributed by atoms with van der Waals surface area (Å²) < 4.78 is 13.3. The molecule has 0 amide bonds. The average molecular weight is 470 g/mol. The normalized spacial score (nSPS) is 12.0. The molecule has 0 bridgehead atoms. The minimum absolute atomic E-state index is 0.123. The molecule has 2 aromatic heterocycles. The van der Waals surface area contributed by atoms with E-state index in [9.17, 15) is 0 Å². The molecular formula is C26H23N5O2S. The number of nitrogens with zero attached hydrogens (tertiary/aromatic N) is 5. The highest BCUT2D eigenvalue weighted by atomic mass is 32.2. The second kappa shape index (κ2) is 9.52. The van der Waals surface area contributed by atoms with Crippen molar-refractivity contribution in [3.63, 3.8) is 0 Å². The predicted octanol–water partition coefficient (Wildman–Crippen LogP) is 6.15. The summed E-state index contributed by atoms with van der Waals surface area (Å²) in [5.41, 5.74) is 4.00. The van der Waals surface area contributed by atoms with Gasteiger partial charge < -0.3 is 9.15 Å². The van der Waals surface area contributed by atoms with Gasteiger partial charge in [0.15, 0.2) is 11.0 Å². The van der Waals surface area contributed by atoms with Crippen molar-refractivity contribution < 1.29 is 9.15 Å². The van der Waals surface area contributed by atoms with Crippen molar-refractivity contribution in [1.29, 1.82) is 0 Å². The number of aryl methyl sites for hydroxylation is 1. The topological polar surface area (TPSA) is 78.9 Å². The lowest BCUT2D eigenvalue weighted by atomic mass is 10.2. The van der Waals surface area contributed by atoms with Crippen molar-refractivity contribution in [3.05, 3.63) is 90.3 Å². The Kier molecular flexibility index (Phi) is 6.14. The third-order valence-electron chi connectivity index (χ3n) is 5.37. The summed E-state index contributed by atoms with van der Waals surface area (Å²) in [5.74, 6) is 2.57. The van der Waals surface area contributed by atoms with Crippen LogP contribution in [-0.2, 0) is 0 Å². The molecular weight excluding hydrogens is 446 g/mol. The second-order valence-electron chi connectivity index (χ2n) is 7.78. The average Bonchev–Trinajstić information content (AvgIpc) is 3.53. The first-order valence-corrected chi connectivity index (χ1v) is 11.7. The lowest BCUT2D eigenvalue weighted by Crippen LogP contribution is -2.01. The Morgan fingerprint density at radius 2 is 1.56 bits per heavy atom. The van der Waals surface area contributed by atoms with Gasteiger partial charge in [-0.3, -0.25) is 4.57 Å². The van der Waals surface area contributed by atoms with E-state index in [0.29, 0.717) is 11.8 Å². The van der Waals surface area contributed by atoms with Crippen LogP contribution in [0.15, 0.2) is 88.4 Å². The minimum Gasteiger partial charge on any atom is -0.497 e. The van der Waals surface area contributed by atoms with Crippen LogP contribution in [0.4, 0.5) is 0 Å². The van der Waals surface area contributed by atoms with Crippen LogP contribution in [0.1, 0.15) is 23.6 Å². The summed E-state index contributed by atoms with van der Waals surface area (Å²) in [6.45, 7) is 4.09. The van der Waals surface area contributed by atoms with Crippen LogP contribution in [0.3, 0.4) is 0 Å². The molecule has 7 nitrogen and oxygen atoms in total. The summed E-state index contributed by atoms with van der Waals surface area (Å²) in [6.07, 6.45) is 0. The summed E-state index contributed by atoms with van der Waals surface area (Å²) in [4.78, 5) is 0. The van der Waals surface area contributed by atoms with Crippen molar-refractivity contribution in [2.75, 3.05) is 7.11 Å². The van der Waals surface area contributed by atoms with E-state index in [1.165, 1.54) is 17.3 Å². The standard InChI is InChI=1S/C26H23N5O2S/c1-17-9-13-21(14-10-17)31-23(19-11-15-22(32-3)16-12-19)27-30-26(31)34-18(2)24-28-29-25(33-24)20-7-5-4-6-8-20/h4-16,18H,1-3H3. The Morgan fingerprint density at radius 1 is 0.824 bits per heavy atom. The summed E-state index contributed by atoms with van der Waals surface area (Å²) in [6, 6.07) is 25.8. The van der Waals surface area contributed by atoms with Crippen molar-refractivity contribution >= 4 is 11.8 Å². The number of aromatic nitrogens is 5. The number of rotatable bonds is 7. The van der Waals surface area contributed by atoms with Gasteiger partial charge in [0.2, 0.25) is 11.8 Å². The van der Waals surface area contributed by atoms with Crippen LogP contribution in [0, 0.1) is 6.92 Å². The first-order valence-electron chi connectivity index (χ1n) is 10.8. The minimum atomic E-state index is -0.123. The maximum absolute atomic E-state index is 5.97. The molecule has 170 valence electrons. The molecule has 5 aromatic rings. The molecule has 8 heteroatoms. The van der Waals surface area contributed by atoms with E-state index in [2.05, 4.69) is 56.2 Å². The zero-order valence-electron chi connectivity index (χ0n) is 19.0. The van der Waals surface area contributed by atoms with Gasteiger partial charge in [0, 0.05) is 16.8 Å². The zero-order chi connectivity index (χ0) is 23.5. The summed E-state index contributed by atoms with van der Waals surface area (Å²) >= 11 is 1.52. The monoisotopic (exact) mass is 469 g/mol. The van der Waals surface area contributed by atoms with Crippen LogP contribution in [0.5, 0.6) is 5.75 Å². The third kappa shape index (κ3) is 4.45. The molecule has 2 heterocycles. The SMILES string of the molecule is COc1ccc(-c2nnc(SC(C)c3nnc(-c4ccccc4)o3)n2-c2ccc(C)cc2)cc1. The van der Waals surface area contributed by atoms with Crippen molar-refractivity contribution in [3.8, 4) is 34.3 Å². The van der Waals surface area contributed by atoms with Crippen LogP contribution in [0.25, 0.3) is 28.5 Å². The van der Waals surface area contributed by atoms with Gasteiger partial charge in [0.1, 0.15) is 5.75 Å². The van der Waals surface area contributed by atoms with Crippen molar-refractivity contribution in [1.82, 2.24) is 25.0 Å². The fraction of sp³-hybridized carbons (Fsp3) is 0.154. The van der Waals surface area contributed by atoms with E-state index in [1.807, 2.05) is 61.5 Å². The predicted molar refractivity (Wildman–Crippen MR) is 132 cm³/mol. The molecule has 0 spiro atoms. The molecule has 0 saturated carbocycles. The molecule has 0 aliphatic heterocycles. The van der Waals surface area contributed by atoms with E-state index in [4.69, 9.17) is 9.15 Å². The molecule has 0 saturated heterocycles. The van der Waals surface area contributed by atoms with Gasteiger partial charge in [-0.1, -0.05) is 47.7 Å². The van der Waals surface area contributed by atoms with Crippen molar-refractivity contribution in [2.45, 2.75) is 24.3 Å². The highest BCUT2D eigenvalue weighted by Crippen LogP contribution is 2.37. The molecule has 0 aliphatic carbocycles.